The molecule has 0 unspecified atom stereocenters. The summed E-state index contributed by atoms with van der Waals surface area (Å²) in [5, 5.41) is 11.1. The van der Waals surface area contributed by atoms with Crippen molar-refractivity contribution >= 4 is 29.0 Å². The molecule has 0 N–H and O–H groups in total. The number of aromatic nitrogens is 1. The van der Waals surface area contributed by atoms with E-state index in [2.05, 4.69) is 4.98 Å². The SMILES string of the molecule is CCCOc1c(Cl)cc(C(=O)N2CCN(c3ccc([N+](=O)[O-])cn3)CC2)cc1OC. The molecule has 2 aromatic rings. The average molecular weight is 435 g/mol. The fraction of sp³-hybridized carbons (Fsp3) is 0.400. The molecule has 1 amide bonds. The summed E-state index contributed by atoms with van der Waals surface area (Å²) >= 11 is 6.33. The van der Waals surface area contributed by atoms with Crippen LogP contribution in [-0.4, -0.2) is 60.6 Å². The van der Waals surface area contributed by atoms with E-state index in [-0.39, 0.29) is 11.6 Å². The Morgan fingerprint density at radius 1 is 1.27 bits per heavy atom. The highest BCUT2D eigenvalue weighted by Crippen LogP contribution is 2.37. The second kappa shape index (κ2) is 9.62. The summed E-state index contributed by atoms with van der Waals surface area (Å²) in [7, 11) is 1.51. The van der Waals surface area contributed by atoms with Crippen LogP contribution in [0.25, 0.3) is 0 Å². The molecule has 30 heavy (non-hydrogen) atoms. The number of carbonyl (C=O) groups excluding carboxylic acids is 1. The van der Waals surface area contributed by atoms with Crippen molar-refractivity contribution in [1.29, 1.82) is 0 Å². The van der Waals surface area contributed by atoms with Gasteiger partial charge in [-0.1, -0.05) is 18.5 Å². The second-order valence-electron chi connectivity index (χ2n) is 6.75. The summed E-state index contributed by atoms with van der Waals surface area (Å²) in [4.78, 5) is 31.1. The highest BCUT2D eigenvalue weighted by atomic mass is 35.5. The normalized spacial score (nSPS) is 13.8. The number of methoxy groups -OCH3 is 1. The van der Waals surface area contributed by atoms with Crippen LogP contribution >= 0.6 is 11.6 Å². The zero-order chi connectivity index (χ0) is 21.7. The Morgan fingerprint density at radius 3 is 2.57 bits per heavy atom. The van der Waals surface area contributed by atoms with Gasteiger partial charge in [0.15, 0.2) is 11.5 Å². The lowest BCUT2D eigenvalue weighted by Crippen LogP contribution is -2.49. The van der Waals surface area contributed by atoms with Gasteiger partial charge in [0.1, 0.15) is 12.0 Å². The number of benzene rings is 1. The monoisotopic (exact) mass is 434 g/mol. The summed E-state index contributed by atoms with van der Waals surface area (Å²) in [6.45, 7) is 4.61. The predicted octanol–water partition coefficient (Wildman–Crippen LogP) is 3.40. The number of amides is 1. The van der Waals surface area contributed by atoms with Gasteiger partial charge in [0.2, 0.25) is 0 Å². The maximum Gasteiger partial charge on any atom is 0.287 e. The summed E-state index contributed by atoms with van der Waals surface area (Å²) < 4.78 is 11.0. The summed E-state index contributed by atoms with van der Waals surface area (Å²) in [5.41, 5.74) is 0.382. The van der Waals surface area contributed by atoms with Crippen LogP contribution in [-0.2, 0) is 0 Å². The average Bonchev–Trinajstić information content (AvgIpc) is 2.77. The second-order valence-corrected chi connectivity index (χ2v) is 7.16. The lowest BCUT2D eigenvalue weighted by atomic mass is 10.1. The maximum absolute atomic E-state index is 13.0. The van der Waals surface area contributed by atoms with Crippen molar-refractivity contribution in [3.05, 3.63) is 51.2 Å². The Bertz CT molecular complexity index is 914. The van der Waals surface area contributed by atoms with Gasteiger partial charge in [0, 0.05) is 37.8 Å². The molecule has 1 saturated heterocycles. The first-order chi connectivity index (χ1) is 14.4. The van der Waals surface area contributed by atoms with Gasteiger partial charge in [-0.15, -0.1) is 0 Å². The minimum absolute atomic E-state index is 0.0512. The summed E-state index contributed by atoms with van der Waals surface area (Å²) in [6, 6.07) is 6.29. The van der Waals surface area contributed by atoms with Crippen molar-refractivity contribution in [2.45, 2.75) is 13.3 Å². The van der Waals surface area contributed by atoms with Crippen LogP contribution in [0.3, 0.4) is 0 Å². The lowest BCUT2D eigenvalue weighted by molar-refractivity contribution is -0.385. The largest absolute Gasteiger partial charge is 0.493 e. The number of halogens is 1. The van der Waals surface area contributed by atoms with E-state index in [1.54, 1.807) is 23.1 Å². The van der Waals surface area contributed by atoms with Crippen LogP contribution < -0.4 is 14.4 Å². The minimum Gasteiger partial charge on any atom is -0.493 e. The van der Waals surface area contributed by atoms with Crippen molar-refractivity contribution in [2.75, 3.05) is 44.8 Å². The number of hydrogen-bond donors (Lipinski definition) is 0. The first-order valence-corrected chi connectivity index (χ1v) is 9.97. The van der Waals surface area contributed by atoms with Crippen LogP contribution in [0.4, 0.5) is 11.5 Å². The number of anilines is 1. The Labute approximate surface area is 179 Å². The van der Waals surface area contributed by atoms with Crippen molar-refractivity contribution < 1.29 is 19.2 Å². The van der Waals surface area contributed by atoms with E-state index in [1.807, 2.05) is 11.8 Å². The molecule has 1 aromatic heterocycles. The third-order valence-corrected chi connectivity index (χ3v) is 5.04. The molecule has 1 aromatic carbocycles. The molecule has 1 aliphatic heterocycles. The van der Waals surface area contributed by atoms with Crippen molar-refractivity contribution in [1.82, 2.24) is 9.88 Å². The zero-order valence-electron chi connectivity index (χ0n) is 16.8. The van der Waals surface area contributed by atoms with E-state index in [9.17, 15) is 14.9 Å². The number of hydrogen-bond acceptors (Lipinski definition) is 7. The molecule has 3 rings (SSSR count). The van der Waals surface area contributed by atoms with Crippen molar-refractivity contribution in [3.63, 3.8) is 0 Å². The predicted molar refractivity (Wildman–Crippen MR) is 113 cm³/mol. The standard InChI is InChI=1S/C20H23ClN4O5/c1-3-10-30-19-16(21)11-14(12-17(19)29-2)20(26)24-8-6-23(7-9-24)18-5-4-15(13-22-18)25(27)28/h4-5,11-13H,3,6-10H2,1-2H3. The van der Waals surface area contributed by atoms with E-state index in [4.69, 9.17) is 21.1 Å². The molecule has 0 saturated carbocycles. The molecule has 1 fully saturated rings. The molecule has 0 bridgehead atoms. The van der Waals surface area contributed by atoms with Crippen LogP contribution in [0.2, 0.25) is 5.02 Å². The Balaban J connectivity index is 1.67. The lowest BCUT2D eigenvalue weighted by Gasteiger charge is -2.35. The van der Waals surface area contributed by atoms with Gasteiger partial charge in [-0.05, 0) is 24.6 Å². The van der Waals surface area contributed by atoms with Crippen LogP contribution in [0, 0.1) is 10.1 Å². The first kappa shape index (κ1) is 21.6. The van der Waals surface area contributed by atoms with Gasteiger partial charge in [-0.25, -0.2) is 4.98 Å². The van der Waals surface area contributed by atoms with Crippen LogP contribution in [0.15, 0.2) is 30.5 Å². The maximum atomic E-state index is 13.0. The van der Waals surface area contributed by atoms with Crippen LogP contribution in [0.1, 0.15) is 23.7 Å². The molecule has 9 nitrogen and oxygen atoms in total. The van der Waals surface area contributed by atoms with Crippen molar-refractivity contribution in [2.24, 2.45) is 0 Å². The van der Waals surface area contributed by atoms with Gasteiger partial charge < -0.3 is 19.3 Å². The number of ether oxygens (including phenoxy) is 2. The number of carbonyl (C=O) groups is 1. The van der Waals surface area contributed by atoms with Gasteiger partial charge in [0.05, 0.1) is 23.7 Å². The first-order valence-electron chi connectivity index (χ1n) is 9.59. The third-order valence-electron chi connectivity index (χ3n) is 4.76. The molecule has 10 heteroatoms. The van der Waals surface area contributed by atoms with Gasteiger partial charge in [-0.3, -0.25) is 14.9 Å². The summed E-state index contributed by atoms with van der Waals surface area (Å²) in [5.74, 6) is 1.36. The fourth-order valence-corrected chi connectivity index (χ4v) is 3.45. The molecule has 2 heterocycles. The Kier molecular flexibility index (Phi) is 6.94. The minimum atomic E-state index is -0.481. The molecule has 0 aliphatic carbocycles. The quantitative estimate of drug-likeness (QED) is 0.486. The molecule has 1 aliphatic rings. The van der Waals surface area contributed by atoms with Crippen molar-refractivity contribution in [3.8, 4) is 11.5 Å². The van der Waals surface area contributed by atoms with Gasteiger partial charge >= 0.3 is 0 Å². The van der Waals surface area contributed by atoms with E-state index in [0.29, 0.717) is 60.7 Å². The third kappa shape index (κ3) is 4.73. The van der Waals surface area contributed by atoms with E-state index in [0.717, 1.165) is 6.42 Å². The topological polar surface area (TPSA) is 98.0 Å². The molecule has 160 valence electrons. The van der Waals surface area contributed by atoms with E-state index in [1.165, 1.54) is 19.4 Å². The number of nitro groups is 1. The zero-order valence-corrected chi connectivity index (χ0v) is 17.6. The molecular formula is C20H23ClN4O5. The highest BCUT2D eigenvalue weighted by molar-refractivity contribution is 6.32. The summed E-state index contributed by atoms with van der Waals surface area (Å²) in [6.07, 6.45) is 2.07. The number of nitrogens with zero attached hydrogens (tertiary/aromatic N) is 4. The Hall–Kier alpha value is -3.07. The number of pyridine rings is 1. The molecular weight excluding hydrogens is 412 g/mol. The van der Waals surface area contributed by atoms with E-state index >= 15 is 0 Å². The molecule has 0 radical (unpaired) electrons. The van der Waals surface area contributed by atoms with Crippen LogP contribution in [0.5, 0.6) is 11.5 Å². The van der Waals surface area contributed by atoms with Gasteiger partial charge in [-0.2, -0.15) is 0 Å². The number of piperazine rings is 1. The molecule has 0 atom stereocenters. The van der Waals surface area contributed by atoms with E-state index < -0.39 is 4.92 Å². The fourth-order valence-electron chi connectivity index (χ4n) is 3.18. The molecule has 0 spiro atoms. The smallest absolute Gasteiger partial charge is 0.287 e. The Morgan fingerprint density at radius 2 is 2.00 bits per heavy atom. The highest BCUT2D eigenvalue weighted by Gasteiger charge is 2.25. The van der Waals surface area contributed by atoms with Gasteiger partial charge in [0.25, 0.3) is 11.6 Å². The number of rotatable bonds is 7.